The van der Waals surface area contributed by atoms with E-state index in [2.05, 4.69) is 15.9 Å². The van der Waals surface area contributed by atoms with Gasteiger partial charge in [-0.3, -0.25) is 4.79 Å². The summed E-state index contributed by atoms with van der Waals surface area (Å²) in [6.45, 7) is -0.191. The minimum absolute atomic E-state index is 0.937. The zero-order chi connectivity index (χ0) is 20.0. The maximum atomic E-state index is 12.1. The van der Waals surface area contributed by atoms with Crippen molar-refractivity contribution in [2.75, 3.05) is 6.61 Å². The molecule has 0 aromatic carbocycles. The molecule has 0 amide bonds. The molecule has 0 unspecified atom stereocenters. The van der Waals surface area contributed by atoms with Crippen LogP contribution in [-0.2, 0) is 19.0 Å². The number of ketones is 1. The standard InChI is InChI=1S/C13H21BrO12/c1-3(16)12(2-15)13(14,8(21)7(20)10(23)25-12)26-11-6(19)4(17)5(18)9(22)24-11/h4-11,15,17-23H,2H2,1H3/t4-,5-,6+,7+,8-,9-,10+,11+,12+,13+/m0/s1. The number of carbonyl (C=O) groups excluding carboxylic acids is 1. The number of aliphatic hydroxyl groups is 8. The Hall–Kier alpha value is -0.290. The number of hydrogen-bond acceptors (Lipinski definition) is 12. The van der Waals surface area contributed by atoms with Crippen LogP contribution < -0.4 is 0 Å². The molecule has 2 saturated heterocycles. The topological polar surface area (TPSA) is 207 Å². The van der Waals surface area contributed by atoms with Gasteiger partial charge in [0.15, 0.2) is 34.8 Å². The predicted molar refractivity (Wildman–Crippen MR) is 81.2 cm³/mol. The van der Waals surface area contributed by atoms with Gasteiger partial charge in [-0.2, -0.15) is 0 Å². The minimum Gasteiger partial charge on any atom is -0.393 e. The maximum Gasteiger partial charge on any atom is 0.193 e. The molecule has 0 radical (unpaired) electrons. The lowest BCUT2D eigenvalue weighted by molar-refractivity contribution is -0.392. The molecule has 10 atom stereocenters. The summed E-state index contributed by atoms with van der Waals surface area (Å²) in [5.41, 5.74) is -2.46. The number of halogens is 1. The Labute approximate surface area is 155 Å². The lowest BCUT2D eigenvalue weighted by Crippen LogP contribution is -2.76. The van der Waals surface area contributed by atoms with Crippen LogP contribution in [0.15, 0.2) is 0 Å². The normalized spacial score (nSPS) is 52.7. The van der Waals surface area contributed by atoms with Crippen molar-refractivity contribution in [2.24, 2.45) is 0 Å². The molecule has 2 aliphatic rings. The third-order valence-corrected chi connectivity index (χ3v) is 5.79. The van der Waals surface area contributed by atoms with E-state index in [-0.39, 0.29) is 0 Å². The Morgan fingerprint density at radius 2 is 1.58 bits per heavy atom. The third-order valence-electron chi connectivity index (χ3n) is 4.49. The highest BCUT2D eigenvalue weighted by Crippen LogP contribution is 2.47. The minimum atomic E-state index is -2.48. The van der Waals surface area contributed by atoms with Gasteiger partial charge in [0.2, 0.25) is 0 Å². The van der Waals surface area contributed by atoms with Crippen molar-refractivity contribution in [3.63, 3.8) is 0 Å². The van der Waals surface area contributed by atoms with E-state index in [1.54, 1.807) is 0 Å². The van der Waals surface area contributed by atoms with E-state index in [1.165, 1.54) is 0 Å². The smallest absolute Gasteiger partial charge is 0.193 e. The highest BCUT2D eigenvalue weighted by Gasteiger charge is 2.68. The Bertz CT molecular complexity index is 535. The van der Waals surface area contributed by atoms with Crippen LogP contribution in [0.3, 0.4) is 0 Å². The van der Waals surface area contributed by atoms with Gasteiger partial charge in [0, 0.05) is 0 Å². The maximum absolute atomic E-state index is 12.1. The molecule has 13 heteroatoms. The molecule has 0 bridgehead atoms. The third kappa shape index (κ3) is 3.21. The molecular weight excluding hydrogens is 428 g/mol. The Morgan fingerprint density at radius 3 is 2.08 bits per heavy atom. The fourth-order valence-electron chi connectivity index (χ4n) is 2.81. The second-order valence-corrected chi connectivity index (χ2v) is 7.29. The first kappa shape index (κ1) is 22.0. The van der Waals surface area contributed by atoms with Crippen LogP contribution in [0.2, 0.25) is 0 Å². The van der Waals surface area contributed by atoms with Gasteiger partial charge >= 0.3 is 0 Å². The van der Waals surface area contributed by atoms with Gasteiger partial charge < -0.3 is 55.1 Å². The van der Waals surface area contributed by atoms with Crippen molar-refractivity contribution in [2.45, 2.75) is 66.4 Å². The fourth-order valence-corrected chi connectivity index (χ4v) is 3.76. The molecule has 2 heterocycles. The monoisotopic (exact) mass is 448 g/mol. The summed E-state index contributed by atoms with van der Waals surface area (Å²) in [4.78, 5) is 12.1. The summed E-state index contributed by atoms with van der Waals surface area (Å²) in [6, 6.07) is 0. The molecule has 8 N–H and O–H groups in total. The van der Waals surface area contributed by atoms with Gasteiger partial charge in [-0.05, 0) is 22.9 Å². The molecule has 12 nitrogen and oxygen atoms in total. The second-order valence-electron chi connectivity index (χ2n) is 6.11. The molecule has 0 aliphatic carbocycles. The fraction of sp³-hybridized carbons (Fsp3) is 0.923. The average Bonchev–Trinajstić information content (AvgIpc) is 2.59. The lowest BCUT2D eigenvalue weighted by Gasteiger charge is -2.54. The van der Waals surface area contributed by atoms with E-state index in [9.17, 15) is 45.6 Å². The molecule has 2 aliphatic heterocycles. The zero-order valence-corrected chi connectivity index (χ0v) is 15.0. The van der Waals surface area contributed by atoms with Crippen molar-refractivity contribution in [3.05, 3.63) is 0 Å². The summed E-state index contributed by atoms with van der Waals surface area (Å²) >= 11 is 2.87. The van der Waals surface area contributed by atoms with Crippen LogP contribution in [0.25, 0.3) is 0 Å². The number of hydrogen-bond donors (Lipinski definition) is 8. The largest absolute Gasteiger partial charge is 0.393 e. The van der Waals surface area contributed by atoms with Gasteiger partial charge in [-0.25, -0.2) is 0 Å². The van der Waals surface area contributed by atoms with Crippen LogP contribution in [0.4, 0.5) is 0 Å². The highest BCUT2D eigenvalue weighted by atomic mass is 79.9. The van der Waals surface area contributed by atoms with Crippen molar-refractivity contribution >= 4 is 21.7 Å². The number of ether oxygens (including phenoxy) is 3. The molecular formula is C13H21BrO12. The molecule has 0 spiro atoms. The zero-order valence-electron chi connectivity index (χ0n) is 13.4. The molecule has 0 aromatic heterocycles. The number of alkyl halides is 1. The van der Waals surface area contributed by atoms with Crippen LogP contribution in [-0.4, -0.2) is 113 Å². The Kier molecular flexibility index (Phi) is 6.44. The van der Waals surface area contributed by atoms with Gasteiger partial charge in [-0.15, -0.1) is 0 Å². The molecule has 152 valence electrons. The second kappa shape index (κ2) is 7.62. The van der Waals surface area contributed by atoms with Crippen LogP contribution in [0.5, 0.6) is 0 Å². The number of Topliss-reactive ketones (excluding diaryl/α,β-unsaturated/α-hetero) is 1. The SMILES string of the molecule is CC(=O)[C@@]1(CO)O[C@@H](O)[C@H](O)[C@H](O)[C@@]1(Br)O[C@H]1O[C@H](O)[C@@H](O)[C@H](O)[C@H]1O. The summed E-state index contributed by atoms with van der Waals surface area (Å²) in [6.07, 6.45) is -15.8. The molecule has 0 aromatic rings. The first-order valence-electron chi connectivity index (χ1n) is 7.51. The first-order chi connectivity index (χ1) is 11.9. The summed E-state index contributed by atoms with van der Waals surface area (Å²) in [7, 11) is 0. The van der Waals surface area contributed by atoms with Crippen LogP contribution in [0, 0.1) is 0 Å². The summed E-state index contributed by atoms with van der Waals surface area (Å²) in [5, 5.41) is 78.4. The van der Waals surface area contributed by atoms with E-state index in [0.717, 1.165) is 6.92 Å². The average molecular weight is 449 g/mol. The van der Waals surface area contributed by atoms with E-state index in [1.807, 2.05) is 0 Å². The molecule has 0 saturated carbocycles. The van der Waals surface area contributed by atoms with Crippen molar-refractivity contribution < 1.29 is 59.9 Å². The predicted octanol–water partition coefficient (Wildman–Crippen LogP) is -4.76. The van der Waals surface area contributed by atoms with Crippen molar-refractivity contribution in [1.82, 2.24) is 0 Å². The Morgan fingerprint density at radius 1 is 1.00 bits per heavy atom. The van der Waals surface area contributed by atoms with Gasteiger partial charge in [0.05, 0.1) is 6.61 Å². The van der Waals surface area contributed by atoms with E-state index < -0.39 is 71.9 Å². The number of rotatable bonds is 4. The van der Waals surface area contributed by atoms with Crippen LogP contribution >= 0.6 is 15.9 Å². The van der Waals surface area contributed by atoms with E-state index in [0.29, 0.717) is 0 Å². The van der Waals surface area contributed by atoms with E-state index in [4.69, 9.17) is 14.2 Å². The van der Waals surface area contributed by atoms with E-state index >= 15 is 0 Å². The number of aliphatic hydroxyl groups excluding tert-OH is 8. The van der Waals surface area contributed by atoms with Crippen LogP contribution in [0.1, 0.15) is 6.92 Å². The van der Waals surface area contributed by atoms with Gasteiger partial charge in [0.1, 0.15) is 30.5 Å². The highest BCUT2D eigenvalue weighted by molar-refractivity contribution is 9.10. The summed E-state index contributed by atoms with van der Waals surface area (Å²) < 4.78 is 12.6. The summed E-state index contributed by atoms with van der Waals surface area (Å²) in [5.74, 6) is -0.937. The molecule has 2 rings (SSSR count). The first-order valence-corrected chi connectivity index (χ1v) is 8.30. The molecule has 26 heavy (non-hydrogen) atoms. The Balaban J connectivity index is 2.43. The lowest BCUT2D eigenvalue weighted by atomic mass is 9.83. The molecule has 2 fully saturated rings. The van der Waals surface area contributed by atoms with Gasteiger partial charge in [-0.1, -0.05) is 0 Å². The van der Waals surface area contributed by atoms with Crippen molar-refractivity contribution in [3.8, 4) is 0 Å². The van der Waals surface area contributed by atoms with Crippen molar-refractivity contribution in [1.29, 1.82) is 0 Å². The quantitative estimate of drug-likeness (QED) is 0.191. The van der Waals surface area contributed by atoms with Gasteiger partial charge in [0.25, 0.3) is 0 Å². The number of carbonyl (C=O) groups is 1.